The van der Waals surface area contributed by atoms with Gasteiger partial charge in [-0.25, -0.2) is 4.79 Å². The van der Waals surface area contributed by atoms with E-state index in [9.17, 15) is 9.90 Å². The van der Waals surface area contributed by atoms with Crippen LogP contribution >= 0.6 is 0 Å². The molecule has 3 aromatic carbocycles. The maximum Gasteiger partial charge on any atom is 0.335 e. The van der Waals surface area contributed by atoms with E-state index >= 15 is 0 Å². The number of fused-ring (bicyclic) bond motifs is 3. The van der Waals surface area contributed by atoms with E-state index in [0.29, 0.717) is 0 Å². The first-order chi connectivity index (χ1) is 15.6. The first kappa shape index (κ1) is 21.4. The van der Waals surface area contributed by atoms with Gasteiger partial charge in [0.1, 0.15) is 5.69 Å². The molecule has 5 rings (SSSR count). The molecule has 33 heavy (non-hydrogen) atoms. The fourth-order valence-corrected chi connectivity index (χ4v) is 5.28. The van der Waals surface area contributed by atoms with Gasteiger partial charge in [-0.3, -0.25) is 0 Å². The van der Waals surface area contributed by atoms with Crippen molar-refractivity contribution in [2.45, 2.75) is 51.4 Å². The van der Waals surface area contributed by atoms with Crippen LogP contribution in [0.5, 0.6) is 0 Å². The van der Waals surface area contributed by atoms with Gasteiger partial charge in [-0.05, 0) is 65.1 Å². The van der Waals surface area contributed by atoms with Gasteiger partial charge < -0.3 is 10.0 Å². The lowest BCUT2D eigenvalue weighted by Gasteiger charge is -2.42. The summed E-state index contributed by atoms with van der Waals surface area (Å²) in [6.45, 7) is 9.42. The van der Waals surface area contributed by atoms with Gasteiger partial charge in [0, 0.05) is 25.2 Å². The van der Waals surface area contributed by atoms with Crippen LogP contribution in [0.2, 0.25) is 0 Å². The molecule has 0 aromatic heterocycles. The molecule has 2 aliphatic rings. The van der Waals surface area contributed by atoms with E-state index in [0.717, 1.165) is 17.1 Å². The van der Waals surface area contributed by atoms with E-state index in [2.05, 4.69) is 80.8 Å². The number of benzene rings is 3. The highest BCUT2D eigenvalue weighted by molar-refractivity contribution is 5.99. The van der Waals surface area contributed by atoms with Crippen LogP contribution in [0.1, 0.15) is 67.6 Å². The van der Waals surface area contributed by atoms with Crippen molar-refractivity contribution < 1.29 is 9.90 Å². The summed E-state index contributed by atoms with van der Waals surface area (Å²) in [6, 6.07) is 20.3. The number of carboxylic acids is 1. The van der Waals surface area contributed by atoms with Crippen molar-refractivity contribution in [2.24, 2.45) is 0 Å². The van der Waals surface area contributed by atoms with E-state index < -0.39 is 5.97 Å². The first-order valence-corrected chi connectivity index (χ1v) is 11.6. The Balaban J connectivity index is 1.78. The number of hydrogen-bond donors (Lipinski definition) is 1. The van der Waals surface area contributed by atoms with Crippen molar-refractivity contribution in [3.05, 3.63) is 82.9 Å². The second kappa shape index (κ2) is 7.31. The van der Waals surface area contributed by atoms with E-state index in [1.165, 1.54) is 35.2 Å². The molecule has 0 amide bonds. The summed E-state index contributed by atoms with van der Waals surface area (Å²) >= 11 is 0. The Morgan fingerprint density at radius 3 is 2.12 bits per heavy atom. The molecule has 0 atom stereocenters. The van der Waals surface area contributed by atoms with Gasteiger partial charge in [0.05, 0.1) is 16.8 Å². The van der Waals surface area contributed by atoms with Gasteiger partial charge in [0.25, 0.3) is 0 Å². The van der Waals surface area contributed by atoms with Crippen LogP contribution in [0.4, 0.5) is 22.7 Å². The monoisotopic (exact) mass is 439 g/mol. The van der Waals surface area contributed by atoms with Crippen molar-refractivity contribution >= 4 is 34.9 Å². The molecule has 1 aliphatic heterocycles. The summed E-state index contributed by atoms with van der Waals surface area (Å²) in [5.41, 5.74) is 8.89. The SMILES string of the molecule is CN1c2cc3c(cc2C=[N+](c2ccc(C(=O)O)cc2)c2ccccc21)C(C)(C)CCC3(C)C. The Kier molecular flexibility index (Phi) is 4.75. The maximum atomic E-state index is 11.4. The number of carboxylic acid groups (broad SMARTS) is 1. The molecule has 0 fully saturated rings. The molecule has 0 spiro atoms. The quantitative estimate of drug-likeness (QED) is 0.448. The van der Waals surface area contributed by atoms with Crippen LogP contribution < -0.4 is 9.48 Å². The van der Waals surface area contributed by atoms with Crippen molar-refractivity contribution in [3.8, 4) is 0 Å². The predicted molar refractivity (Wildman–Crippen MR) is 136 cm³/mol. The molecule has 4 nitrogen and oxygen atoms in total. The molecular weight excluding hydrogens is 408 g/mol. The third-order valence-corrected chi connectivity index (χ3v) is 7.52. The Bertz CT molecular complexity index is 1300. The lowest BCUT2D eigenvalue weighted by molar-refractivity contribution is 0.0697. The molecule has 1 N–H and O–H groups in total. The molecule has 1 aliphatic carbocycles. The minimum atomic E-state index is -0.914. The number of anilines is 2. The molecule has 0 saturated carbocycles. The molecule has 4 heteroatoms. The van der Waals surface area contributed by atoms with Gasteiger partial charge in [-0.2, -0.15) is 4.58 Å². The highest BCUT2D eigenvalue weighted by Gasteiger charge is 2.39. The predicted octanol–water partition coefficient (Wildman–Crippen LogP) is 6.77. The van der Waals surface area contributed by atoms with Crippen molar-refractivity contribution in [1.82, 2.24) is 4.58 Å². The van der Waals surface area contributed by atoms with E-state index in [-0.39, 0.29) is 16.4 Å². The molecule has 0 saturated heterocycles. The van der Waals surface area contributed by atoms with Crippen molar-refractivity contribution in [1.29, 1.82) is 0 Å². The first-order valence-electron chi connectivity index (χ1n) is 11.6. The number of hydrogen-bond acceptors (Lipinski definition) is 2. The molecule has 168 valence electrons. The fourth-order valence-electron chi connectivity index (χ4n) is 5.28. The molecule has 0 unspecified atom stereocenters. The largest absolute Gasteiger partial charge is 0.478 e. The van der Waals surface area contributed by atoms with E-state index in [4.69, 9.17) is 0 Å². The zero-order valence-corrected chi connectivity index (χ0v) is 20.0. The molecule has 3 aromatic rings. The summed E-state index contributed by atoms with van der Waals surface area (Å²) in [5.74, 6) is -0.914. The molecule has 0 bridgehead atoms. The smallest absolute Gasteiger partial charge is 0.335 e. The van der Waals surface area contributed by atoms with Gasteiger partial charge in [-0.1, -0.05) is 39.8 Å². The van der Waals surface area contributed by atoms with Crippen LogP contribution in [0.3, 0.4) is 0 Å². The topological polar surface area (TPSA) is 43.5 Å². The lowest BCUT2D eigenvalue weighted by Crippen LogP contribution is -2.34. The van der Waals surface area contributed by atoms with Gasteiger partial charge >= 0.3 is 5.97 Å². The van der Waals surface area contributed by atoms with Crippen LogP contribution in [-0.2, 0) is 10.8 Å². The minimum absolute atomic E-state index is 0.124. The fraction of sp³-hybridized carbons (Fsp3) is 0.310. The van der Waals surface area contributed by atoms with E-state index in [1.54, 1.807) is 12.1 Å². The second-order valence-corrected chi connectivity index (χ2v) is 10.6. The Labute approximate surface area is 195 Å². The average Bonchev–Trinajstić information content (AvgIpc) is 2.91. The van der Waals surface area contributed by atoms with Gasteiger partial charge in [0.15, 0.2) is 6.21 Å². The molecule has 1 heterocycles. The summed E-state index contributed by atoms with van der Waals surface area (Å²) in [7, 11) is 2.13. The number of rotatable bonds is 2. The van der Waals surface area contributed by atoms with Crippen LogP contribution in [0.15, 0.2) is 60.7 Å². The number of nitrogens with zero attached hydrogens (tertiary/aromatic N) is 2. The third kappa shape index (κ3) is 3.45. The standard InChI is InChI=1S/C29H30N2O2/c1-28(2)14-15-29(3,4)23-17-26-20(16-22(23)28)18-31(21-12-10-19(11-13-21)27(32)33)25-9-7-6-8-24(25)30(26)5/h6-13,16-18H,14-15H2,1-5H3/p+1. The summed E-state index contributed by atoms with van der Waals surface area (Å²) in [4.78, 5) is 13.7. The maximum absolute atomic E-state index is 11.4. The Morgan fingerprint density at radius 1 is 0.879 bits per heavy atom. The van der Waals surface area contributed by atoms with Crippen molar-refractivity contribution in [2.75, 3.05) is 11.9 Å². The normalized spacial score (nSPS) is 17.8. The zero-order chi connectivity index (χ0) is 23.5. The Hall–Kier alpha value is -3.40. The minimum Gasteiger partial charge on any atom is -0.478 e. The summed E-state index contributed by atoms with van der Waals surface area (Å²) in [5, 5.41) is 9.33. The molecular formula is C29H31N2O2+. The highest BCUT2D eigenvalue weighted by atomic mass is 16.4. The third-order valence-electron chi connectivity index (χ3n) is 7.52. The lowest BCUT2D eigenvalue weighted by atomic mass is 9.63. The van der Waals surface area contributed by atoms with Crippen molar-refractivity contribution in [3.63, 3.8) is 0 Å². The number of para-hydroxylation sites is 2. The highest BCUT2D eigenvalue weighted by Crippen LogP contribution is 2.49. The van der Waals surface area contributed by atoms with Gasteiger partial charge in [0.2, 0.25) is 11.4 Å². The van der Waals surface area contributed by atoms with Crippen LogP contribution in [-0.4, -0.2) is 24.3 Å². The number of carbonyl (C=O) groups is 1. The van der Waals surface area contributed by atoms with Crippen LogP contribution in [0, 0.1) is 0 Å². The summed E-state index contributed by atoms with van der Waals surface area (Å²) in [6.07, 6.45) is 4.55. The zero-order valence-electron chi connectivity index (χ0n) is 20.0. The number of aromatic carboxylic acids is 1. The molecule has 0 radical (unpaired) electrons. The van der Waals surface area contributed by atoms with Gasteiger partial charge in [-0.15, -0.1) is 0 Å². The van der Waals surface area contributed by atoms with E-state index in [1.807, 2.05) is 18.2 Å². The second-order valence-electron chi connectivity index (χ2n) is 10.6. The summed E-state index contributed by atoms with van der Waals surface area (Å²) < 4.78 is 2.18. The Morgan fingerprint density at radius 2 is 1.48 bits per heavy atom. The average molecular weight is 440 g/mol. The van der Waals surface area contributed by atoms with Crippen LogP contribution in [0.25, 0.3) is 0 Å².